The van der Waals surface area contributed by atoms with E-state index in [1.165, 1.54) is 5.56 Å². The molecule has 0 saturated heterocycles. The number of hydrogen-bond acceptors (Lipinski definition) is 1. The Morgan fingerprint density at radius 1 is 1.17 bits per heavy atom. The summed E-state index contributed by atoms with van der Waals surface area (Å²) >= 11 is 0. The number of para-hydroxylation sites is 1. The predicted octanol–water partition coefficient (Wildman–Crippen LogP) is 1.48. The third kappa shape index (κ3) is 2.44. The van der Waals surface area contributed by atoms with Crippen molar-refractivity contribution in [1.29, 1.82) is 0 Å². The Morgan fingerprint density at radius 2 is 1.92 bits per heavy atom. The molecule has 0 atom stereocenters. The first kappa shape index (κ1) is 11.9. The second-order valence-electron chi connectivity index (χ2n) is 2.30. The summed E-state index contributed by atoms with van der Waals surface area (Å²) in [7, 11) is 0. The second kappa shape index (κ2) is 5.51. The summed E-state index contributed by atoms with van der Waals surface area (Å²) in [6.45, 7) is 0. The van der Waals surface area contributed by atoms with E-state index in [1.807, 2.05) is 24.3 Å². The molecule has 2 rings (SSSR count). The molecule has 1 aliphatic heterocycles. The Morgan fingerprint density at radius 3 is 2.67 bits per heavy atom. The molecule has 1 heterocycles. The van der Waals surface area contributed by atoms with Crippen LogP contribution in [0.1, 0.15) is 5.56 Å². The summed E-state index contributed by atoms with van der Waals surface area (Å²) < 4.78 is 5.24. The fraction of sp³-hybridized carbons (Fsp3) is 0.111. The van der Waals surface area contributed by atoms with Gasteiger partial charge in [0.15, 0.2) is 0 Å². The van der Waals surface area contributed by atoms with Crippen LogP contribution in [0.2, 0.25) is 0 Å². The normalized spacial score (nSPS) is 11.7. The molecule has 0 fully saturated rings. The van der Waals surface area contributed by atoms with Gasteiger partial charge in [-0.3, -0.25) is 0 Å². The van der Waals surface area contributed by atoms with Crippen molar-refractivity contribution in [2.75, 3.05) is 0 Å². The molecule has 0 amide bonds. The van der Waals surface area contributed by atoms with Crippen LogP contribution in [-0.4, -0.2) is 18.9 Å². The van der Waals surface area contributed by atoms with Crippen molar-refractivity contribution in [3.05, 3.63) is 42.2 Å². The van der Waals surface area contributed by atoms with E-state index < -0.39 is 0 Å². The van der Waals surface area contributed by atoms with Gasteiger partial charge in [0.1, 0.15) is 5.75 Å². The minimum absolute atomic E-state index is 0. The van der Waals surface area contributed by atoms with Crippen LogP contribution in [0.3, 0.4) is 0 Å². The maximum absolute atomic E-state index is 5.24. The van der Waals surface area contributed by atoms with Gasteiger partial charge in [0.25, 0.3) is 0 Å². The van der Waals surface area contributed by atoms with Crippen molar-refractivity contribution in [1.82, 2.24) is 0 Å². The van der Waals surface area contributed by atoms with Crippen LogP contribution >= 0.6 is 0 Å². The Balaban J connectivity index is 0.000000605. The predicted molar refractivity (Wildman–Crippen MR) is 47.1 cm³/mol. The van der Waals surface area contributed by atoms with Crippen molar-refractivity contribution in [2.24, 2.45) is 0 Å². The van der Waals surface area contributed by atoms with Gasteiger partial charge in [-0.15, -0.1) is 0 Å². The molecule has 3 heteroatoms. The summed E-state index contributed by atoms with van der Waals surface area (Å²) in [6.07, 6.45) is 4.75. The molecule has 1 aliphatic rings. The molecule has 0 aliphatic carbocycles. The number of fused-ring (bicyclic) bond motifs is 1. The Hall–Kier alpha value is -0.123. The van der Waals surface area contributed by atoms with Gasteiger partial charge in [-0.05, 0) is 24.1 Å². The Kier molecular flexibility index (Phi) is 5.45. The van der Waals surface area contributed by atoms with Crippen molar-refractivity contribution < 1.29 is 21.8 Å². The average molecular weight is 196 g/mol. The van der Waals surface area contributed by atoms with Gasteiger partial charge in [-0.1, -0.05) is 18.2 Å². The van der Waals surface area contributed by atoms with Crippen LogP contribution in [0, 0.1) is 0 Å². The first-order valence-corrected chi connectivity index (χ1v) is 3.36. The van der Waals surface area contributed by atoms with Crippen LogP contribution < -0.4 is 4.74 Å². The molecule has 0 unspecified atom stereocenters. The first-order valence-electron chi connectivity index (χ1n) is 3.36. The van der Waals surface area contributed by atoms with Gasteiger partial charge in [-0.2, -0.15) is 0 Å². The quantitative estimate of drug-likeness (QED) is 0.571. The van der Waals surface area contributed by atoms with Crippen LogP contribution in [0.25, 0.3) is 0 Å². The van der Waals surface area contributed by atoms with Crippen LogP contribution in [0.15, 0.2) is 36.6 Å². The van der Waals surface area contributed by atoms with E-state index in [4.69, 9.17) is 4.74 Å². The van der Waals surface area contributed by atoms with E-state index in [0.717, 1.165) is 12.2 Å². The standard InChI is InChI=1S/C9H8O.Fe.Li.H/c1-2-6-9-8(4-1)5-3-7-10-9;;;/h1-4,6-7H,5H2;;;. The summed E-state index contributed by atoms with van der Waals surface area (Å²) in [5.41, 5.74) is 1.27. The first-order chi connectivity index (χ1) is 4.97. The van der Waals surface area contributed by atoms with E-state index in [0.29, 0.717) is 0 Å². The molecule has 1 nitrogen and oxygen atoms in total. The minimum atomic E-state index is 0. The molecule has 0 bridgehead atoms. The maximum atomic E-state index is 5.24. The molecule has 12 heavy (non-hydrogen) atoms. The Bertz CT molecular complexity index is 246. The van der Waals surface area contributed by atoms with E-state index >= 15 is 0 Å². The molecule has 60 valence electrons. The van der Waals surface area contributed by atoms with Gasteiger partial charge in [-0.25, -0.2) is 0 Å². The zero-order valence-electron chi connectivity index (χ0n) is 5.93. The van der Waals surface area contributed by atoms with E-state index in [1.54, 1.807) is 6.26 Å². The van der Waals surface area contributed by atoms with Gasteiger partial charge in [0.2, 0.25) is 0 Å². The van der Waals surface area contributed by atoms with E-state index in [2.05, 4.69) is 6.07 Å². The number of hydrogen-bond donors (Lipinski definition) is 0. The van der Waals surface area contributed by atoms with Crippen LogP contribution in [0.5, 0.6) is 5.75 Å². The molecular formula is C9H9FeLiO. The van der Waals surface area contributed by atoms with Crippen LogP contribution in [0.4, 0.5) is 0 Å². The van der Waals surface area contributed by atoms with Gasteiger partial charge >= 0.3 is 18.9 Å². The molecular weight excluding hydrogens is 187 g/mol. The molecule has 1 aromatic rings. The van der Waals surface area contributed by atoms with Gasteiger partial charge in [0.05, 0.1) is 6.26 Å². The number of allylic oxidation sites excluding steroid dienone is 1. The topological polar surface area (TPSA) is 9.23 Å². The molecule has 0 spiro atoms. The monoisotopic (exact) mass is 196 g/mol. The molecule has 0 radical (unpaired) electrons. The average Bonchev–Trinajstić information content (AvgIpc) is 2.05. The van der Waals surface area contributed by atoms with Crippen molar-refractivity contribution in [3.63, 3.8) is 0 Å². The fourth-order valence-electron chi connectivity index (χ4n) is 1.08. The zero-order valence-corrected chi connectivity index (χ0v) is 7.04. The Labute approximate surface area is 94.8 Å². The SMILES string of the molecule is C1=COc2ccccc2C1.[Fe].[LiH]. The molecule has 1 aromatic carbocycles. The van der Waals surface area contributed by atoms with Crippen molar-refractivity contribution >= 4 is 18.9 Å². The van der Waals surface area contributed by atoms with Gasteiger partial charge < -0.3 is 4.74 Å². The summed E-state index contributed by atoms with van der Waals surface area (Å²) in [6, 6.07) is 8.08. The number of ether oxygens (including phenoxy) is 1. The second-order valence-corrected chi connectivity index (χ2v) is 2.30. The van der Waals surface area contributed by atoms with E-state index in [9.17, 15) is 0 Å². The van der Waals surface area contributed by atoms with Crippen molar-refractivity contribution in [2.45, 2.75) is 6.42 Å². The number of benzene rings is 1. The summed E-state index contributed by atoms with van der Waals surface area (Å²) in [4.78, 5) is 0. The fourth-order valence-corrected chi connectivity index (χ4v) is 1.08. The van der Waals surface area contributed by atoms with Crippen LogP contribution in [-0.2, 0) is 23.5 Å². The van der Waals surface area contributed by atoms with E-state index in [-0.39, 0.29) is 35.9 Å². The summed E-state index contributed by atoms with van der Waals surface area (Å²) in [5.74, 6) is 0.991. The zero-order chi connectivity index (χ0) is 6.81. The third-order valence-corrected chi connectivity index (χ3v) is 1.60. The number of rotatable bonds is 0. The summed E-state index contributed by atoms with van der Waals surface area (Å²) in [5, 5.41) is 0. The van der Waals surface area contributed by atoms with Crippen molar-refractivity contribution in [3.8, 4) is 5.75 Å². The molecule has 0 N–H and O–H groups in total. The molecule has 0 aromatic heterocycles. The van der Waals surface area contributed by atoms with Gasteiger partial charge in [0, 0.05) is 17.1 Å². The molecule has 0 saturated carbocycles. The third-order valence-electron chi connectivity index (χ3n) is 1.60.